The number of aromatic nitrogens is 4. The number of hydrogen-bond acceptors (Lipinski definition) is 8. The average Bonchev–Trinajstić information content (AvgIpc) is 2.85. The Morgan fingerprint density at radius 3 is 2.40 bits per heavy atom. The number of nitrogens with one attached hydrogen (secondary N) is 1. The molecule has 0 fully saturated rings. The summed E-state index contributed by atoms with van der Waals surface area (Å²) in [5.41, 5.74) is 1.72. The molecule has 35 heavy (non-hydrogen) atoms. The minimum atomic E-state index is -4.02. The molecule has 0 aliphatic heterocycles. The zero-order valence-corrected chi connectivity index (χ0v) is 20.3. The van der Waals surface area contributed by atoms with Gasteiger partial charge in [-0.1, -0.05) is 53.6 Å². The molecule has 11 heteroatoms. The van der Waals surface area contributed by atoms with Gasteiger partial charge in [0.1, 0.15) is 0 Å². The summed E-state index contributed by atoms with van der Waals surface area (Å²) in [5.74, 6) is 0.583. The van der Waals surface area contributed by atoms with Crippen LogP contribution in [0.1, 0.15) is 11.1 Å². The number of nitrogens with zero attached hydrogens (tertiary/aromatic N) is 4. The summed E-state index contributed by atoms with van der Waals surface area (Å²) >= 11 is 6.42. The van der Waals surface area contributed by atoms with Gasteiger partial charge < -0.3 is 9.47 Å². The monoisotopic (exact) mass is 509 g/mol. The smallest absolute Gasteiger partial charge is 0.256 e. The van der Waals surface area contributed by atoms with Crippen LogP contribution in [0.15, 0.2) is 72.4 Å². The summed E-state index contributed by atoms with van der Waals surface area (Å²) < 4.78 is 39.5. The van der Waals surface area contributed by atoms with E-state index >= 15 is 0 Å². The van der Waals surface area contributed by atoms with Crippen LogP contribution in [0.4, 0.5) is 5.82 Å². The largest absolute Gasteiger partial charge is 0.493 e. The first kappa shape index (κ1) is 24.1. The lowest BCUT2D eigenvalue weighted by atomic mass is 10.1. The molecule has 2 heterocycles. The Hall–Kier alpha value is -4.02. The van der Waals surface area contributed by atoms with E-state index < -0.39 is 10.0 Å². The highest BCUT2D eigenvalue weighted by molar-refractivity contribution is 7.95. The van der Waals surface area contributed by atoms with Gasteiger partial charge in [0.15, 0.2) is 28.3 Å². The van der Waals surface area contributed by atoms with Crippen molar-refractivity contribution in [2.24, 2.45) is 0 Å². The van der Waals surface area contributed by atoms with Crippen LogP contribution in [-0.4, -0.2) is 35.5 Å². The van der Waals surface area contributed by atoms with E-state index in [1.165, 1.54) is 25.6 Å². The summed E-state index contributed by atoms with van der Waals surface area (Å²) in [6, 6.07) is 15.9. The van der Waals surface area contributed by atoms with E-state index in [4.69, 9.17) is 21.1 Å². The molecule has 0 radical (unpaired) electrons. The van der Waals surface area contributed by atoms with Gasteiger partial charge in [-0.2, -0.15) is 0 Å². The Morgan fingerprint density at radius 1 is 0.943 bits per heavy atom. The Morgan fingerprint density at radius 2 is 1.69 bits per heavy atom. The van der Waals surface area contributed by atoms with E-state index in [9.17, 15) is 8.42 Å². The highest BCUT2D eigenvalue weighted by Gasteiger charge is 2.22. The van der Waals surface area contributed by atoms with Crippen molar-refractivity contribution in [2.75, 3.05) is 11.8 Å². The SMILES string of the molecule is COc1ccccc1Oc1c(Cl)nc(-c2ncccn2)nc1NS(=O)(=O)/C=C/c1cccc(C)c1. The number of aryl methyl sites for hydroxylation is 1. The fraction of sp³-hybridized carbons (Fsp3) is 0.0833. The van der Waals surface area contributed by atoms with Crippen molar-refractivity contribution < 1.29 is 17.9 Å². The van der Waals surface area contributed by atoms with Crippen molar-refractivity contribution in [3.63, 3.8) is 0 Å². The molecule has 2 aromatic carbocycles. The quantitative estimate of drug-likeness (QED) is 0.326. The maximum absolute atomic E-state index is 12.9. The Kier molecular flexibility index (Phi) is 7.23. The van der Waals surface area contributed by atoms with Crippen molar-refractivity contribution in [2.45, 2.75) is 6.92 Å². The molecule has 2 aromatic heterocycles. The van der Waals surface area contributed by atoms with Crippen molar-refractivity contribution in [1.82, 2.24) is 19.9 Å². The van der Waals surface area contributed by atoms with Gasteiger partial charge in [-0.25, -0.2) is 28.4 Å². The van der Waals surface area contributed by atoms with E-state index in [0.717, 1.165) is 16.5 Å². The van der Waals surface area contributed by atoms with Gasteiger partial charge in [0.05, 0.1) is 12.5 Å². The van der Waals surface area contributed by atoms with Crippen LogP contribution in [-0.2, 0) is 10.0 Å². The van der Waals surface area contributed by atoms with Crippen molar-refractivity contribution in [1.29, 1.82) is 0 Å². The molecule has 178 valence electrons. The summed E-state index contributed by atoms with van der Waals surface area (Å²) in [5, 5.41) is 0.886. The minimum Gasteiger partial charge on any atom is -0.493 e. The lowest BCUT2D eigenvalue weighted by molar-refractivity contribution is 0.378. The first-order valence-electron chi connectivity index (χ1n) is 10.3. The number of rotatable bonds is 8. The molecular weight excluding hydrogens is 490 g/mol. The maximum Gasteiger partial charge on any atom is 0.256 e. The predicted octanol–water partition coefficient (Wildman–Crippen LogP) is 5.11. The molecule has 0 unspecified atom stereocenters. The molecule has 1 N–H and O–H groups in total. The molecule has 0 amide bonds. The van der Waals surface area contributed by atoms with Crippen LogP contribution < -0.4 is 14.2 Å². The predicted molar refractivity (Wildman–Crippen MR) is 134 cm³/mol. The number of para-hydroxylation sites is 2. The number of sulfonamides is 1. The first-order chi connectivity index (χ1) is 16.8. The van der Waals surface area contributed by atoms with E-state index in [2.05, 4.69) is 24.7 Å². The van der Waals surface area contributed by atoms with Gasteiger partial charge >= 0.3 is 0 Å². The van der Waals surface area contributed by atoms with Crippen LogP contribution in [0.2, 0.25) is 5.15 Å². The van der Waals surface area contributed by atoms with Gasteiger partial charge in [-0.15, -0.1) is 0 Å². The molecule has 9 nitrogen and oxygen atoms in total. The molecule has 4 aromatic rings. The summed E-state index contributed by atoms with van der Waals surface area (Å²) in [6.45, 7) is 1.92. The molecule has 0 aliphatic rings. The molecular formula is C24H20ClN5O4S. The Balaban J connectivity index is 1.75. The number of hydrogen-bond donors (Lipinski definition) is 1. The molecule has 0 bridgehead atoms. The number of ether oxygens (including phenoxy) is 2. The number of anilines is 1. The van der Waals surface area contributed by atoms with Crippen molar-refractivity contribution in [3.05, 3.63) is 88.7 Å². The standard InChI is InChI=1S/C24H20ClN5O4S/c1-16-7-5-8-17(15-16)11-14-35(31,32)30-22-20(34-19-10-4-3-9-18(19)33-2)21(25)28-24(29-22)23-26-12-6-13-27-23/h3-15H,1-2H3,(H,28,29,30)/b14-11+. The molecule has 0 saturated carbocycles. The van der Waals surface area contributed by atoms with Crippen LogP contribution in [0, 0.1) is 6.92 Å². The van der Waals surface area contributed by atoms with Crippen LogP contribution in [0.3, 0.4) is 0 Å². The molecule has 0 aliphatic carbocycles. The van der Waals surface area contributed by atoms with Crippen LogP contribution in [0.5, 0.6) is 17.2 Å². The van der Waals surface area contributed by atoms with E-state index in [-0.39, 0.29) is 28.4 Å². The van der Waals surface area contributed by atoms with Gasteiger partial charge in [-0.3, -0.25) is 4.72 Å². The second-order valence-corrected chi connectivity index (χ2v) is 9.13. The molecule has 0 spiro atoms. The highest BCUT2D eigenvalue weighted by atomic mass is 35.5. The van der Waals surface area contributed by atoms with Crippen molar-refractivity contribution >= 4 is 33.5 Å². The highest BCUT2D eigenvalue weighted by Crippen LogP contribution is 2.39. The Labute approximate surface area is 207 Å². The number of halogens is 1. The normalized spacial score (nSPS) is 11.4. The second kappa shape index (κ2) is 10.5. The Bertz CT molecular complexity index is 1480. The molecule has 0 saturated heterocycles. The van der Waals surface area contributed by atoms with Crippen LogP contribution in [0.25, 0.3) is 17.7 Å². The fourth-order valence-corrected chi connectivity index (χ4v) is 4.04. The lowest BCUT2D eigenvalue weighted by Crippen LogP contribution is -2.13. The van der Waals surface area contributed by atoms with Gasteiger partial charge in [0.25, 0.3) is 10.0 Å². The molecule has 4 rings (SSSR count). The lowest BCUT2D eigenvalue weighted by Gasteiger charge is -2.15. The first-order valence-corrected chi connectivity index (χ1v) is 12.2. The topological polar surface area (TPSA) is 116 Å². The van der Waals surface area contributed by atoms with Gasteiger partial charge in [0.2, 0.25) is 11.6 Å². The summed E-state index contributed by atoms with van der Waals surface area (Å²) in [6.07, 6.45) is 4.49. The van der Waals surface area contributed by atoms with Gasteiger partial charge in [-0.05, 0) is 36.8 Å². The zero-order chi connectivity index (χ0) is 24.8. The van der Waals surface area contributed by atoms with Gasteiger partial charge in [0, 0.05) is 12.4 Å². The zero-order valence-electron chi connectivity index (χ0n) is 18.7. The number of benzene rings is 2. The number of methoxy groups -OCH3 is 1. The molecule has 0 atom stereocenters. The van der Waals surface area contributed by atoms with E-state index in [1.54, 1.807) is 36.4 Å². The second-order valence-electron chi connectivity index (χ2n) is 7.21. The van der Waals surface area contributed by atoms with E-state index in [0.29, 0.717) is 11.5 Å². The summed E-state index contributed by atoms with van der Waals surface area (Å²) in [4.78, 5) is 16.7. The third-order valence-corrected chi connectivity index (χ3v) is 5.82. The van der Waals surface area contributed by atoms with Crippen molar-refractivity contribution in [3.8, 4) is 28.9 Å². The summed E-state index contributed by atoms with van der Waals surface area (Å²) in [7, 11) is -2.54. The van der Waals surface area contributed by atoms with E-state index in [1.807, 2.05) is 25.1 Å². The average molecular weight is 510 g/mol. The maximum atomic E-state index is 12.9. The third kappa shape index (κ3) is 6.11. The third-order valence-electron chi connectivity index (χ3n) is 4.59. The minimum absolute atomic E-state index is 0.0170. The fourth-order valence-electron chi connectivity index (χ4n) is 3.02. The van der Waals surface area contributed by atoms with Crippen LogP contribution >= 0.6 is 11.6 Å².